The van der Waals surface area contributed by atoms with E-state index in [1.807, 2.05) is 18.2 Å². The lowest BCUT2D eigenvalue weighted by molar-refractivity contribution is 0.0728. The van der Waals surface area contributed by atoms with Crippen LogP contribution >= 0.6 is 0 Å². The number of hydrogen-bond acceptors (Lipinski definition) is 4. The summed E-state index contributed by atoms with van der Waals surface area (Å²) in [4.78, 5) is 17.8. The Bertz CT molecular complexity index is 591. The Labute approximate surface area is 104 Å². The summed E-state index contributed by atoms with van der Waals surface area (Å²) in [5, 5.41) is 0. The average molecular weight is 243 g/mol. The first kappa shape index (κ1) is 10.8. The molecule has 0 saturated carbocycles. The van der Waals surface area contributed by atoms with Crippen LogP contribution in [0.1, 0.15) is 21.6 Å². The highest BCUT2D eigenvalue weighted by Crippen LogP contribution is 2.20. The topological polar surface area (TPSA) is 72.4 Å². The van der Waals surface area contributed by atoms with Crippen LogP contribution in [0.15, 0.2) is 34.9 Å². The Morgan fingerprint density at radius 1 is 1.33 bits per heavy atom. The fourth-order valence-corrected chi connectivity index (χ4v) is 2.22. The second-order valence-electron chi connectivity index (χ2n) is 4.32. The third-order valence-electron chi connectivity index (χ3n) is 3.16. The molecule has 0 aliphatic carbocycles. The highest BCUT2D eigenvalue weighted by molar-refractivity contribution is 5.92. The van der Waals surface area contributed by atoms with Crippen molar-refractivity contribution >= 4 is 11.9 Å². The van der Waals surface area contributed by atoms with Crippen molar-refractivity contribution in [2.75, 3.05) is 12.3 Å². The first-order chi connectivity index (χ1) is 8.74. The van der Waals surface area contributed by atoms with E-state index in [1.165, 1.54) is 17.4 Å². The summed E-state index contributed by atoms with van der Waals surface area (Å²) >= 11 is 0. The van der Waals surface area contributed by atoms with Crippen LogP contribution in [0.25, 0.3) is 0 Å². The van der Waals surface area contributed by atoms with Crippen LogP contribution in [0.3, 0.4) is 0 Å². The van der Waals surface area contributed by atoms with Crippen LogP contribution in [0.5, 0.6) is 0 Å². The van der Waals surface area contributed by atoms with Crippen molar-refractivity contribution in [3.05, 3.63) is 47.3 Å². The standard InChI is InChI=1S/C13H13N3O2/c14-13-15-11(8-18-13)12(17)16-6-5-9-3-1-2-4-10(9)7-16/h1-4,8H,5-7H2,(H2,14,15). The number of oxazole rings is 1. The van der Waals surface area contributed by atoms with E-state index in [9.17, 15) is 4.79 Å². The Morgan fingerprint density at radius 3 is 2.83 bits per heavy atom. The molecule has 1 amide bonds. The normalized spacial score (nSPS) is 14.3. The Morgan fingerprint density at radius 2 is 2.11 bits per heavy atom. The second-order valence-corrected chi connectivity index (χ2v) is 4.32. The second kappa shape index (κ2) is 4.18. The van der Waals surface area contributed by atoms with Crippen molar-refractivity contribution in [1.29, 1.82) is 0 Å². The molecule has 18 heavy (non-hydrogen) atoms. The molecule has 5 nitrogen and oxygen atoms in total. The summed E-state index contributed by atoms with van der Waals surface area (Å²) in [5.74, 6) is -0.134. The van der Waals surface area contributed by atoms with Crippen LogP contribution in [-0.4, -0.2) is 22.3 Å². The number of carbonyl (C=O) groups excluding carboxylic acids is 1. The zero-order valence-corrected chi connectivity index (χ0v) is 9.80. The van der Waals surface area contributed by atoms with Gasteiger partial charge in [0.05, 0.1) is 0 Å². The van der Waals surface area contributed by atoms with E-state index in [1.54, 1.807) is 4.90 Å². The van der Waals surface area contributed by atoms with Gasteiger partial charge in [0.2, 0.25) is 0 Å². The molecule has 0 saturated heterocycles. The van der Waals surface area contributed by atoms with Gasteiger partial charge in [-0.05, 0) is 17.5 Å². The summed E-state index contributed by atoms with van der Waals surface area (Å²) in [5.41, 5.74) is 8.14. The molecular weight excluding hydrogens is 230 g/mol. The maximum Gasteiger partial charge on any atom is 0.292 e. The molecule has 0 spiro atoms. The molecule has 0 bridgehead atoms. The number of fused-ring (bicyclic) bond motifs is 1. The van der Waals surface area contributed by atoms with Crippen LogP contribution in [0.2, 0.25) is 0 Å². The number of rotatable bonds is 1. The molecule has 2 heterocycles. The Balaban J connectivity index is 1.82. The van der Waals surface area contributed by atoms with Gasteiger partial charge in [-0.3, -0.25) is 4.79 Å². The molecule has 2 aromatic rings. The summed E-state index contributed by atoms with van der Waals surface area (Å²) in [7, 11) is 0. The summed E-state index contributed by atoms with van der Waals surface area (Å²) in [6.07, 6.45) is 2.17. The van der Waals surface area contributed by atoms with Gasteiger partial charge < -0.3 is 15.1 Å². The van der Waals surface area contributed by atoms with Gasteiger partial charge in [0.25, 0.3) is 11.9 Å². The predicted octanol–water partition coefficient (Wildman–Crippen LogP) is 1.46. The minimum atomic E-state index is -0.134. The number of nitrogens with two attached hydrogens (primary N) is 1. The minimum absolute atomic E-state index is 0.0239. The molecule has 92 valence electrons. The average Bonchev–Trinajstić information content (AvgIpc) is 2.84. The largest absolute Gasteiger partial charge is 0.431 e. The lowest BCUT2D eigenvalue weighted by Gasteiger charge is -2.28. The van der Waals surface area contributed by atoms with Gasteiger partial charge in [-0.2, -0.15) is 4.98 Å². The molecule has 5 heteroatoms. The van der Waals surface area contributed by atoms with E-state index < -0.39 is 0 Å². The van der Waals surface area contributed by atoms with Gasteiger partial charge in [-0.25, -0.2) is 0 Å². The van der Waals surface area contributed by atoms with Crippen LogP contribution < -0.4 is 5.73 Å². The molecule has 1 aliphatic rings. The molecule has 2 N–H and O–H groups in total. The number of benzene rings is 1. The van der Waals surface area contributed by atoms with E-state index >= 15 is 0 Å². The third-order valence-corrected chi connectivity index (χ3v) is 3.16. The number of carbonyl (C=O) groups is 1. The molecule has 0 atom stereocenters. The van der Waals surface area contributed by atoms with Crippen LogP contribution in [0.4, 0.5) is 6.01 Å². The van der Waals surface area contributed by atoms with Gasteiger partial charge in [0, 0.05) is 13.1 Å². The van der Waals surface area contributed by atoms with E-state index in [2.05, 4.69) is 11.1 Å². The van der Waals surface area contributed by atoms with E-state index in [0.717, 1.165) is 6.42 Å². The predicted molar refractivity (Wildman–Crippen MR) is 65.8 cm³/mol. The third kappa shape index (κ3) is 1.84. The van der Waals surface area contributed by atoms with E-state index in [4.69, 9.17) is 10.2 Å². The maximum atomic E-state index is 12.2. The number of anilines is 1. The first-order valence-electron chi connectivity index (χ1n) is 5.81. The van der Waals surface area contributed by atoms with Gasteiger partial charge in [-0.15, -0.1) is 0 Å². The fourth-order valence-electron chi connectivity index (χ4n) is 2.22. The van der Waals surface area contributed by atoms with Crippen LogP contribution in [-0.2, 0) is 13.0 Å². The number of nitrogens with zero attached hydrogens (tertiary/aromatic N) is 2. The van der Waals surface area contributed by atoms with E-state index in [-0.39, 0.29) is 17.6 Å². The number of amides is 1. The van der Waals surface area contributed by atoms with Gasteiger partial charge >= 0.3 is 0 Å². The molecule has 1 aliphatic heterocycles. The Hall–Kier alpha value is -2.30. The van der Waals surface area contributed by atoms with Crippen molar-refractivity contribution in [2.24, 2.45) is 0 Å². The quantitative estimate of drug-likeness (QED) is 0.822. The van der Waals surface area contributed by atoms with Gasteiger partial charge in [0.15, 0.2) is 5.69 Å². The summed E-state index contributed by atoms with van der Waals surface area (Å²) in [6.45, 7) is 1.31. The zero-order chi connectivity index (χ0) is 12.5. The highest BCUT2D eigenvalue weighted by Gasteiger charge is 2.23. The summed E-state index contributed by atoms with van der Waals surface area (Å²) in [6, 6.07) is 8.18. The minimum Gasteiger partial charge on any atom is -0.431 e. The monoisotopic (exact) mass is 243 g/mol. The first-order valence-corrected chi connectivity index (χ1v) is 5.81. The molecule has 0 fully saturated rings. The maximum absolute atomic E-state index is 12.2. The van der Waals surface area contributed by atoms with Gasteiger partial charge in [0.1, 0.15) is 6.26 Å². The van der Waals surface area contributed by atoms with Crippen molar-refractivity contribution in [2.45, 2.75) is 13.0 Å². The highest BCUT2D eigenvalue weighted by atomic mass is 16.4. The number of aromatic nitrogens is 1. The van der Waals surface area contributed by atoms with Crippen molar-refractivity contribution in [3.8, 4) is 0 Å². The molecule has 1 aromatic heterocycles. The number of hydrogen-bond donors (Lipinski definition) is 1. The SMILES string of the molecule is Nc1nc(C(=O)N2CCc3ccccc3C2)co1. The molecule has 0 unspecified atom stereocenters. The summed E-state index contributed by atoms with van der Waals surface area (Å²) < 4.78 is 4.87. The zero-order valence-electron chi connectivity index (χ0n) is 9.80. The van der Waals surface area contributed by atoms with E-state index in [0.29, 0.717) is 13.1 Å². The van der Waals surface area contributed by atoms with Crippen LogP contribution in [0, 0.1) is 0 Å². The van der Waals surface area contributed by atoms with Crippen molar-refractivity contribution in [3.63, 3.8) is 0 Å². The smallest absolute Gasteiger partial charge is 0.292 e. The molecule has 3 rings (SSSR count). The van der Waals surface area contributed by atoms with Gasteiger partial charge in [-0.1, -0.05) is 24.3 Å². The molecular formula is C13H13N3O2. The Kier molecular flexibility index (Phi) is 2.51. The molecule has 0 radical (unpaired) electrons. The molecule has 1 aromatic carbocycles. The lowest BCUT2D eigenvalue weighted by atomic mass is 10.00. The van der Waals surface area contributed by atoms with Crippen molar-refractivity contribution < 1.29 is 9.21 Å². The fraction of sp³-hybridized carbons (Fsp3) is 0.231. The lowest BCUT2D eigenvalue weighted by Crippen LogP contribution is -2.36. The number of nitrogen functional groups attached to an aromatic ring is 1. The van der Waals surface area contributed by atoms with Crippen molar-refractivity contribution in [1.82, 2.24) is 9.88 Å².